The van der Waals surface area contributed by atoms with Crippen molar-refractivity contribution in [3.05, 3.63) is 35.9 Å². The van der Waals surface area contributed by atoms with Gasteiger partial charge in [0.15, 0.2) is 0 Å². The third-order valence-electron chi connectivity index (χ3n) is 3.86. The second-order valence-corrected chi connectivity index (χ2v) is 6.61. The van der Waals surface area contributed by atoms with Crippen LogP contribution in [0.15, 0.2) is 30.3 Å². The van der Waals surface area contributed by atoms with Crippen LogP contribution >= 0.6 is 0 Å². The molecule has 0 heterocycles. The van der Waals surface area contributed by atoms with Gasteiger partial charge in [-0.25, -0.2) is 4.79 Å². The molecule has 1 rings (SSSR count). The third-order valence-corrected chi connectivity index (χ3v) is 3.86. The third kappa shape index (κ3) is 8.89. The number of carbonyl (C=O) groups is 1. The van der Waals surface area contributed by atoms with Gasteiger partial charge < -0.3 is 20.7 Å². The molecule has 0 aromatic heterocycles. The van der Waals surface area contributed by atoms with Crippen LogP contribution in [0.3, 0.4) is 0 Å². The van der Waals surface area contributed by atoms with Crippen molar-refractivity contribution in [2.75, 3.05) is 26.8 Å². The van der Waals surface area contributed by atoms with E-state index in [1.807, 2.05) is 6.07 Å². The first-order chi connectivity index (χ1) is 11.5. The summed E-state index contributed by atoms with van der Waals surface area (Å²) in [5, 5.41) is 9.46. The minimum absolute atomic E-state index is 0.117. The summed E-state index contributed by atoms with van der Waals surface area (Å²) in [4.78, 5) is 11.9. The molecule has 2 amide bonds. The van der Waals surface area contributed by atoms with Crippen LogP contribution in [0.25, 0.3) is 0 Å². The number of hydrogen-bond acceptors (Lipinski definition) is 3. The molecular formula is C19H33N3O2. The Bertz CT molecular complexity index is 451. The number of carbonyl (C=O) groups excluding carboxylic acids is 1. The Morgan fingerprint density at radius 3 is 2.46 bits per heavy atom. The van der Waals surface area contributed by atoms with Crippen LogP contribution < -0.4 is 16.0 Å². The highest BCUT2D eigenvalue weighted by Gasteiger charge is 2.15. The van der Waals surface area contributed by atoms with Crippen molar-refractivity contribution in [3.63, 3.8) is 0 Å². The molecule has 24 heavy (non-hydrogen) atoms. The van der Waals surface area contributed by atoms with Crippen molar-refractivity contribution in [2.24, 2.45) is 5.92 Å². The van der Waals surface area contributed by atoms with Crippen LogP contribution in [0.2, 0.25) is 0 Å². The van der Waals surface area contributed by atoms with Crippen molar-refractivity contribution in [3.8, 4) is 0 Å². The molecule has 1 aromatic carbocycles. The summed E-state index contributed by atoms with van der Waals surface area (Å²) in [7, 11) is 1.66. The van der Waals surface area contributed by atoms with Crippen molar-refractivity contribution < 1.29 is 9.53 Å². The quantitative estimate of drug-likeness (QED) is 0.545. The summed E-state index contributed by atoms with van der Waals surface area (Å²) in [6.45, 7) is 8.47. The van der Waals surface area contributed by atoms with E-state index in [0.717, 1.165) is 12.8 Å². The lowest BCUT2D eigenvalue weighted by atomic mass is 10.0. The zero-order valence-electron chi connectivity index (χ0n) is 15.5. The Morgan fingerprint density at radius 1 is 1.12 bits per heavy atom. The summed E-state index contributed by atoms with van der Waals surface area (Å²) in [6, 6.07) is 10.8. The molecule has 0 spiro atoms. The minimum atomic E-state index is -0.117. The normalized spacial score (nSPS) is 13.5. The molecule has 0 aliphatic rings. The van der Waals surface area contributed by atoms with Gasteiger partial charge in [0.05, 0.1) is 0 Å². The van der Waals surface area contributed by atoms with Gasteiger partial charge in [-0.2, -0.15) is 0 Å². The highest BCUT2D eigenvalue weighted by molar-refractivity contribution is 5.73. The summed E-state index contributed by atoms with van der Waals surface area (Å²) < 4.78 is 4.97. The zero-order valence-corrected chi connectivity index (χ0v) is 15.5. The van der Waals surface area contributed by atoms with Crippen LogP contribution in [0.5, 0.6) is 0 Å². The van der Waals surface area contributed by atoms with E-state index in [4.69, 9.17) is 4.74 Å². The molecule has 0 aliphatic carbocycles. The standard InChI is InChI=1S/C19H33N3O2/c1-15(2)13-18(14-21-19(23)20-11-8-12-24-4)22-16(3)17-9-6-5-7-10-17/h5-7,9-10,15-16,18,22H,8,11-14H2,1-4H3,(H2,20,21,23)/t16-,18+/m0/s1. The molecule has 2 atom stereocenters. The van der Waals surface area contributed by atoms with Crippen molar-refractivity contribution >= 4 is 6.03 Å². The topological polar surface area (TPSA) is 62.4 Å². The number of methoxy groups -OCH3 is 1. The number of hydrogen-bond donors (Lipinski definition) is 3. The highest BCUT2D eigenvalue weighted by Crippen LogP contribution is 2.14. The maximum atomic E-state index is 11.9. The summed E-state index contributed by atoms with van der Waals surface area (Å²) in [5.74, 6) is 0.567. The number of amides is 2. The van der Waals surface area contributed by atoms with Crippen molar-refractivity contribution in [2.45, 2.75) is 45.7 Å². The lowest BCUT2D eigenvalue weighted by molar-refractivity contribution is 0.193. The second kappa shape index (κ2) is 11.9. The highest BCUT2D eigenvalue weighted by atomic mass is 16.5. The van der Waals surface area contributed by atoms with Gasteiger partial charge in [0.2, 0.25) is 0 Å². The SMILES string of the molecule is COCCCNC(=O)NC[C@@H](CC(C)C)N[C@@H](C)c1ccccc1. The molecule has 0 unspecified atom stereocenters. The second-order valence-electron chi connectivity index (χ2n) is 6.61. The van der Waals surface area contributed by atoms with E-state index < -0.39 is 0 Å². The zero-order chi connectivity index (χ0) is 17.8. The lowest BCUT2D eigenvalue weighted by Crippen LogP contribution is -2.46. The monoisotopic (exact) mass is 335 g/mol. The van der Waals surface area contributed by atoms with Gasteiger partial charge in [0, 0.05) is 38.9 Å². The Morgan fingerprint density at radius 2 is 1.83 bits per heavy atom. The molecule has 1 aromatic rings. The van der Waals surface area contributed by atoms with E-state index in [0.29, 0.717) is 25.6 Å². The smallest absolute Gasteiger partial charge is 0.314 e. The average Bonchev–Trinajstić information content (AvgIpc) is 2.57. The number of rotatable bonds is 11. The van der Waals surface area contributed by atoms with Gasteiger partial charge in [0.1, 0.15) is 0 Å². The van der Waals surface area contributed by atoms with Crippen LogP contribution in [0, 0.1) is 5.92 Å². The summed E-state index contributed by atoms with van der Waals surface area (Å²) in [5.41, 5.74) is 1.26. The van der Waals surface area contributed by atoms with E-state index in [9.17, 15) is 4.79 Å². The first-order valence-corrected chi connectivity index (χ1v) is 8.84. The average molecular weight is 335 g/mol. The maximum absolute atomic E-state index is 11.9. The number of ether oxygens (including phenoxy) is 1. The Hall–Kier alpha value is -1.59. The summed E-state index contributed by atoms with van der Waals surface area (Å²) in [6.07, 6.45) is 1.84. The Balaban J connectivity index is 2.43. The fourth-order valence-corrected chi connectivity index (χ4v) is 2.67. The maximum Gasteiger partial charge on any atom is 0.314 e. The molecule has 0 bridgehead atoms. The molecular weight excluding hydrogens is 302 g/mol. The number of benzene rings is 1. The van der Waals surface area contributed by atoms with Gasteiger partial charge in [-0.15, -0.1) is 0 Å². The van der Waals surface area contributed by atoms with Crippen LogP contribution in [0.4, 0.5) is 4.79 Å². The molecule has 5 nitrogen and oxygen atoms in total. The predicted octanol–water partition coefficient (Wildman–Crippen LogP) is 3.09. The lowest BCUT2D eigenvalue weighted by Gasteiger charge is -2.25. The van der Waals surface area contributed by atoms with E-state index in [-0.39, 0.29) is 18.1 Å². The molecule has 0 aliphatic heterocycles. The van der Waals surface area contributed by atoms with Crippen molar-refractivity contribution in [1.29, 1.82) is 0 Å². The van der Waals surface area contributed by atoms with E-state index in [1.54, 1.807) is 7.11 Å². The largest absolute Gasteiger partial charge is 0.385 e. The van der Waals surface area contributed by atoms with E-state index >= 15 is 0 Å². The minimum Gasteiger partial charge on any atom is -0.385 e. The molecule has 5 heteroatoms. The fourth-order valence-electron chi connectivity index (χ4n) is 2.67. The van der Waals surface area contributed by atoms with E-state index in [1.165, 1.54) is 5.56 Å². The molecule has 136 valence electrons. The first-order valence-electron chi connectivity index (χ1n) is 8.84. The van der Waals surface area contributed by atoms with E-state index in [2.05, 4.69) is 61.0 Å². The number of urea groups is 1. The summed E-state index contributed by atoms with van der Waals surface area (Å²) >= 11 is 0. The van der Waals surface area contributed by atoms with Crippen LogP contribution in [-0.2, 0) is 4.74 Å². The van der Waals surface area contributed by atoms with Gasteiger partial charge in [-0.05, 0) is 31.2 Å². The first kappa shape index (κ1) is 20.5. The molecule has 3 N–H and O–H groups in total. The van der Waals surface area contributed by atoms with Crippen LogP contribution in [-0.4, -0.2) is 38.9 Å². The Kier molecular flexibility index (Phi) is 10.1. The van der Waals surface area contributed by atoms with Gasteiger partial charge >= 0.3 is 6.03 Å². The molecule has 0 saturated carbocycles. The molecule has 0 radical (unpaired) electrons. The van der Waals surface area contributed by atoms with Gasteiger partial charge in [-0.1, -0.05) is 44.2 Å². The van der Waals surface area contributed by atoms with Crippen molar-refractivity contribution in [1.82, 2.24) is 16.0 Å². The predicted molar refractivity (Wildman–Crippen MR) is 99.1 cm³/mol. The van der Waals surface area contributed by atoms with Gasteiger partial charge in [-0.3, -0.25) is 0 Å². The number of nitrogens with one attached hydrogen (secondary N) is 3. The molecule has 0 saturated heterocycles. The van der Waals surface area contributed by atoms with Crippen LogP contribution in [0.1, 0.15) is 45.2 Å². The van der Waals surface area contributed by atoms with Gasteiger partial charge in [0.25, 0.3) is 0 Å². The molecule has 0 fully saturated rings. The fraction of sp³-hybridized carbons (Fsp3) is 0.632. The Labute approximate surface area is 146 Å².